The Labute approximate surface area is 197 Å². The number of likely N-dealkylation sites (tertiary alicyclic amines) is 1. The Morgan fingerprint density at radius 1 is 1.18 bits per heavy atom. The number of para-hydroxylation sites is 1. The third-order valence-electron chi connectivity index (χ3n) is 6.33. The summed E-state index contributed by atoms with van der Waals surface area (Å²) in [6.45, 7) is 4.73. The van der Waals surface area contributed by atoms with E-state index in [1.54, 1.807) is 25.2 Å². The highest BCUT2D eigenvalue weighted by atomic mass is 32.1. The number of carbonyl (C=O) groups excluding carboxylic acids is 1. The second-order valence-electron chi connectivity index (χ2n) is 8.60. The number of aromatic nitrogens is 5. The zero-order chi connectivity index (χ0) is 24.0. The molecule has 34 heavy (non-hydrogen) atoms. The largest absolute Gasteiger partial charge is 0.453 e. The number of hydrogen-bond donors (Lipinski definition) is 0. The molecule has 178 valence electrons. The Morgan fingerprint density at radius 3 is 2.74 bits per heavy atom. The molecule has 4 aromatic rings. The highest BCUT2D eigenvalue weighted by molar-refractivity contribution is 7.18. The monoisotopic (exact) mass is 488 g/mol. The summed E-state index contributed by atoms with van der Waals surface area (Å²) < 4.78 is 41.3. The fourth-order valence-electron chi connectivity index (χ4n) is 4.55. The number of benzene rings is 1. The third kappa shape index (κ3) is 4.24. The quantitative estimate of drug-likeness (QED) is 0.416. The van der Waals surface area contributed by atoms with Gasteiger partial charge in [-0.3, -0.25) is 4.79 Å². The molecular formula is C23H23F3N6OS. The van der Waals surface area contributed by atoms with E-state index < -0.39 is 12.0 Å². The summed E-state index contributed by atoms with van der Waals surface area (Å²) in [5.74, 6) is -1.07. The van der Waals surface area contributed by atoms with Crippen LogP contribution in [0.5, 0.6) is 0 Å². The summed E-state index contributed by atoms with van der Waals surface area (Å²) in [7, 11) is 0. The van der Waals surface area contributed by atoms with Crippen LogP contribution in [0, 0.1) is 13.8 Å². The molecule has 0 spiro atoms. The first-order valence-electron chi connectivity index (χ1n) is 11.1. The molecule has 0 radical (unpaired) electrons. The SMILES string of the molecule is Cc1nc2nc(C(F)(F)F)nn2c(C)c1CCC(=O)N1CCC[C@H](c2nc3ccccc3s2)C1. The fourth-order valence-corrected chi connectivity index (χ4v) is 5.64. The van der Waals surface area contributed by atoms with Gasteiger partial charge in [0.1, 0.15) is 0 Å². The van der Waals surface area contributed by atoms with Gasteiger partial charge in [0.15, 0.2) is 0 Å². The van der Waals surface area contributed by atoms with E-state index in [2.05, 4.69) is 21.1 Å². The van der Waals surface area contributed by atoms with Gasteiger partial charge in [-0.05, 0) is 50.8 Å². The van der Waals surface area contributed by atoms with Crippen LogP contribution in [0.15, 0.2) is 24.3 Å². The number of rotatable bonds is 4. The first-order valence-corrected chi connectivity index (χ1v) is 12.0. The predicted octanol–water partition coefficient (Wildman–Crippen LogP) is 4.71. The first kappa shape index (κ1) is 22.7. The number of aryl methyl sites for hydroxylation is 2. The number of halogens is 3. The molecule has 1 saturated heterocycles. The van der Waals surface area contributed by atoms with Crippen molar-refractivity contribution in [1.82, 2.24) is 29.5 Å². The van der Waals surface area contributed by atoms with Crippen molar-refractivity contribution in [3.63, 3.8) is 0 Å². The van der Waals surface area contributed by atoms with Crippen LogP contribution in [0.1, 0.15) is 53.0 Å². The van der Waals surface area contributed by atoms with Crippen molar-refractivity contribution in [3.05, 3.63) is 52.0 Å². The molecule has 0 unspecified atom stereocenters. The third-order valence-corrected chi connectivity index (χ3v) is 7.52. The van der Waals surface area contributed by atoms with E-state index in [1.807, 2.05) is 23.1 Å². The molecule has 5 rings (SSSR count). The summed E-state index contributed by atoms with van der Waals surface area (Å²) in [5.41, 5.74) is 2.79. The molecule has 7 nitrogen and oxygen atoms in total. The van der Waals surface area contributed by atoms with Gasteiger partial charge < -0.3 is 4.90 Å². The first-order chi connectivity index (χ1) is 16.2. The standard InChI is InChI=1S/C23H23F3N6OS/c1-13-16(14(2)32-22(27-13)29-21(30-32)23(24,25)26)9-10-19(33)31-11-5-6-15(12-31)20-28-17-7-3-4-8-18(17)34-20/h3-4,7-8,15H,5-6,9-12H2,1-2H3/t15-/m0/s1. The zero-order valence-electron chi connectivity index (χ0n) is 18.8. The van der Waals surface area contributed by atoms with Crippen molar-refractivity contribution >= 4 is 33.2 Å². The normalized spacial score (nSPS) is 17.1. The predicted molar refractivity (Wildman–Crippen MR) is 122 cm³/mol. The van der Waals surface area contributed by atoms with Crippen LogP contribution in [0.25, 0.3) is 16.0 Å². The molecule has 1 aliphatic heterocycles. The lowest BCUT2D eigenvalue weighted by Crippen LogP contribution is -2.39. The summed E-state index contributed by atoms with van der Waals surface area (Å²) in [5, 5.41) is 4.64. The Balaban J connectivity index is 1.29. The molecule has 0 aliphatic carbocycles. The van der Waals surface area contributed by atoms with Crippen molar-refractivity contribution < 1.29 is 18.0 Å². The summed E-state index contributed by atoms with van der Waals surface area (Å²) >= 11 is 1.68. The molecule has 1 aliphatic rings. The van der Waals surface area contributed by atoms with Gasteiger partial charge in [0.2, 0.25) is 5.91 Å². The number of nitrogens with zero attached hydrogens (tertiary/aromatic N) is 6. The van der Waals surface area contributed by atoms with Crippen LogP contribution in [0.4, 0.5) is 13.2 Å². The van der Waals surface area contributed by atoms with E-state index in [-0.39, 0.29) is 24.0 Å². The fraction of sp³-hybridized carbons (Fsp3) is 0.435. The molecule has 0 bridgehead atoms. The molecule has 0 N–H and O–H groups in total. The smallest absolute Gasteiger partial charge is 0.342 e. The maximum atomic E-state index is 13.0. The van der Waals surface area contributed by atoms with Crippen LogP contribution in [-0.2, 0) is 17.4 Å². The molecule has 1 atom stereocenters. The molecule has 4 heterocycles. The summed E-state index contributed by atoms with van der Waals surface area (Å²) in [6.07, 6.45) is -2.10. The summed E-state index contributed by atoms with van der Waals surface area (Å²) in [6, 6.07) is 8.04. The van der Waals surface area contributed by atoms with Crippen LogP contribution >= 0.6 is 11.3 Å². The van der Waals surface area contributed by atoms with Gasteiger partial charge in [-0.1, -0.05) is 12.1 Å². The molecular weight excluding hydrogens is 465 g/mol. The highest BCUT2D eigenvalue weighted by Gasteiger charge is 2.37. The van der Waals surface area contributed by atoms with Gasteiger partial charge in [0, 0.05) is 36.8 Å². The summed E-state index contributed by atoms with van der Waals surface area (Å²) in [4.78, 5) is 27.4. The Morgan fingerprint density at radius 2 is 1.97 bits per heavy atom. The van der Waals surface area contributed by atoms with Gasteiger partial charge in [-0.15, -0.1) is 16.4 Å². The van der Waals surface area contributed by atoms with E-state index in [0.717, 1.165) is 38.1 Å². The lowest BCUT2D eigenvalue weighted by molar-refractivity contribution is -0.144. The molecule has 1 aromatic carbocycles. The number of piperidine rings is 1. The lowest BCUT2D eigenvalue weighted by Gasteiger charge is -2.32. The molecule has 3 aromatic heterocycles. The van der Waals surface area contributed by atoms with Gasteiger partial charge in [0.05, 0.1) is 15.2 Å². The second-order valence-corrected chi connectivity index (χ2v) is 9.67. The molecule has 0 saturated carbocycles. The van der Waals surface area contributed by atoms with E-state index in [1.165, 1.54) is 0 Å². The van der Waals surface area contributed by atoms with Crippen molar-refractivity contribution in [3.8, 4) is 0 Å². The molecule has 1 amide bonds. The van der Waals surface area contributed by atoms with E-state index in [4.69, 9.17) is 4.98 Å². The van der Waals surface area contributed by atoms with E-state index >= 15 is 0 Å². The minimum absolute atomic E-state index is 0.0271. The van der Waals surface area contributed by atoms with Gasteiger partial charge in [-0.25, -0.2) is 14.5 Å². The minimum Gasteiger partial charge on any atom is -0.342 e. The van der Waals surface area contributed by atoms with Crippen molar-refractivity contribution in [2.24, 2.45) is 0 Å². The second kappa shape index (κ2) is 8.61. The van der Waals surface area contributed by atoms with Crippen LogP contribution in [0.3, 0.4) is 0 Å². The number of amides is 1. The number of hydrogen-bond acceptors (Lipinski definition) is 6. The Bertz CT molecular complexity index is 1350. The van der Waals surface area contributed by atoms with Gasteiger partial charge in [0.25, 0.3) is 11.6 Å². The molecule has 11 heteroatoms. The van der Waals surface area contributed by atoms with Gasteiger partial charge in [-0.2, -0.15) is 18.2 Å². The van der Waals surface area contributed by atoms with E-state index in [9.17, 15) is 18.0 Å². The number of carbonyl (C=O) groups is 1. The average Bonchev–Trinajstić information content (AvgIpc) is 3.43. The van der Waals surface area contributed by atoms with Crippen LogP contribution < -0.4 is 0 Å². The topological polar surface area (TPSA) is 76.3 Å². The van der Waals surface area contributed by atoms with Crippen molar-refractivity contribution in [2.75, 3.05) is 13.1 Å². The highest BCUT2D eigenvalue weighted by Crippen LogP contribution is 2.33. The van der Waals surface area contributed by atoms with Crippen LogP contribution in [0.2, 0.25) is 0 Å². The Kier molecular flexibility index (Phi) is 5.75. The number of alkyl halides is 3. The average molecular weight is 489 g/mol. The maximum Gasteiger partial charge on any atom is 0.453 e. The van der Waals surface area contributed by atoms with Crippen molar-refractivity contribution in [1.29, 1.82) is 0 Å². The van der Waals surface area contributed by atoms with Crippen molar-refractivity contribution in [2.45, 2.75) is 51.6 Å². The Hall–Kier alpha value is -3.08. The zero-order valence-corrected chi connectivity index (χ0v) is 19.6. The number of fused-ring (bicyclic) bond motifs is 2. The van der Waals surface area contributed by atoms with E-state index in [0.29, 0.717) is 30.9 Å². The number of thiazole rings is 1. The minimum atomic E-state index is -4.64. The van der Waals surface area contributed by atoms with Crippen LogP contribution in [-0.4, -0.2) is 48.5 Å². The molecule has 1 fully saturated rings. The van der Waals surface area contributed by atoms with Gasteiger partial charge >= 0.3 is 6.18 Å². The maximum absolute atomic E-state index is 13.0. The lowest BCUT2D eigenvalue weighted by atomic mass is 9.98.